The molecule has 1 heterocycles. The van der Waals surface area contributed by atoms with Crippen LogP contribution in [0.5, 0.6) is 0 Å². The SMILES string of the molecule is CCc1cnc(CNC(=O)[C@@H](N)C(C)CC)o1. The molecule has 96 valence electrons. The summed E-state index contributed by atoms with van der Waals surface area (Å²) < 4.78 is 5.38. The first kappa shape index (κ1) is 13.7. The quantitative estimate of drug-likeness (QED) is 0.782. The lowest BCUT2D eigenvalue weighted by molar-refractivity contribution is -0.123. The van der Waals surface area contributed by atoms with Crippen molar-refractivity contribution >= 4 is 5.91 Å². The Labute approximate surface area is 102 Å². The van der Waals surface area contributed by atoms with E-state index in [0.717, 1.165) is 18.6 Å². The van der Waals surface area contributed by atoms with Crippen LogP contribution in [-0.2, 0) is 17.8 Å². The second kappa shape index (κ2) is 6.39. The normalized spacial score (nSPS) is 14.4. The van der Waals surface area contributed by atoms with Crippen molar-refractivity contribution in [2.24, 2.45) is 11.7 Å². The van der Waals surface area contributed by atoms with Gasteiger partial charge in [0.2, 0.25) is 11.8 Å². The molecule has 0 radical (unpaired) electrons. The van der Waals surface area contributed by atoms with Crippen molar-refractivity contribution in [1.82, 2.24) is 10.3 Å². The molecular formula is C12H21N3O2. The van der Waals surface area contributed by atoms with Crippen LogP contribution in [0.25, 0.3) is 0 Å². The number of rotatable bonds is 6. The van der Waals surface area contributed by atoms with Crippen LogP contribution < -0.4 is 11.1 Å². The Morgan fingerprint density at radius 1 is 1.59 bits per heavy atom. The minimum atomic E-state index is -0.472. The first-order valence-electron chi connectivity index (χ1n) is 6.05. The summed E-state index contributed by atoms with van der Waals surface area (Å²) in [6.07, 6.45) is 3.36. The lowest BCUT2D eigenvalue weighted by Crippen LogP contribution is -2.44. The van der Waals surface area contributed by atoms with Gasteiger partial charge in [0, 0.05) is 6.42 Å². The van der Waals surface area contributed by atoms with Crippen molar-refractivity contribution in [3.05, 3.63) is 17.8 Å². The van der Waals surface area contributed by atoms with Gasteiger partial charge in [-0.15, -0.1) is 0 Å². The molecule has 0 aliphatic heterocycles. The molecule has 0 fully saturated rings. The highest BCUT2D eigenvalue weighted by molar-refractivity contribution is 5.81. The van der Waals surface area contributed by atoms with E-state index in [1.807, 2.05) is 20.8 Å². The first-order valence-corrected chi connectivity index (χ1v) is 6.05. The smallest absolute Gasteiger partial charge is 0.237 e. The Balaban J connectivity index is 2.42. The largest absolute Gasteiger partial charge is 0.444 e. The number of hydrogen-bond acceptors (Lipinski definition) is 4. The fourth-order valence-electron chi connectivity index (χ4n) is 1.39. The fraction of sp³-hybridized carbons (Fsp3) is 0.667. The highest BCUT2D eigenvalue weighted by atomic mass is 16.4. The summed E-state index contributed by atoms with van der Waals surface area (Å²) in [6.45, 7) is 6.26. The van der Waals surface area contributed by atoms with Crippen molar-refractivity contribution in [2.45, 2.75) is 46.2 Å². The van der Waals surface area contributed by atoms with E-state index in [0.29, 0.717) is 12.4 Å². The average Bonchev–Trinajstić information content (AvgIpc) is 2.81. The molecule has 0 spiro atoms. The van der Waals surface area contributed by atoms with Gasteiger partial charge in [0.05, 0.1) is 18.8 Å². The maximum atomic E-state index is 11.7. The zero-order chi connectivity index (χ0) is 12.8. The predicted molar refractivity (Wildman–Crippen MR) is 65.2 cm³/mol. The molecule has 0 saturated heterocycles. The Morgan fingerprint density at radius 3 is 2.82 bits per heavy atom. The van der Waals surface area contributed by atoms with Crippen molar-refractivity contribution in [2.75, 3.05) is 0 Å². The molecule has 0 aromatic carbocycles. The van der Waals surface area contributed by atoms with E-state index in [1.165, 1.54) is 0 Å². The topological polar surface area (TPSA) is 81.2 Å². The number of aromatic nitrogens is 1. The highest BCUT2D eigenvalue weighted by Crippen LogP contribution is 2.06. The molecule has 5 nitrogen and oxygen atoms in total. The lowest BCUT2D eigenvalue weighted by Gasteiger charge is -2.16. The van der Waals surface area contributed by atoms with E-state index in [4.69, 9.17) is 10.2 Å². The molecule has 1 amide bonds. The maximum absolute atomic E-state index is 11.7. The molecule has 0 bridgehead atoms. The van der Waals surface area contributed by atoms with Gasteiger partial charge in [-0.3, -0.25) is 4.79 Å². The average molecular weight is 239 g/mol. The molecule has 1 aromatic heterocycles. The number of amides is 1. The number of carbonyl (C=O) groups excluding carboxylic acids is 1. The van der Waals surface area contributed by atoms with Crippen molar-refractivity contribution in [1.29, 1.82) is 0 Å². The molecule has 2 atom stereocenters. The summed E-state index contributed by atoms with van der Waals surface area (Å²) in [5.74, 6) is 1.35. The molecule has 1 unspecified atom stereocenters. The number of oxazole rings is 1. The van der Waals surface area contributed by atoms with Crippen LogP contribution in [0.1, 0.15) is 38.8 Å². The molecule has 0 aliphatic carbocycles. The van der Waals surface area contributed by atoms with Crippen LogP contribution in [0.3, 0.4) is 0 Å². The van der Waals surface area contributed by atoms with E-state index in [-0.39, 0.29) is 11.8 Å². The van der Waals surface area contributed by atoms with Gasteiger partial charge in [-0.1, -0.05) is 27.2 Å². The number of hydrogen-bond donors (Lipinski definition) is 2. The van der Waals surface area contributed by atoms with Gasteiger partial charge in [-0.2, -0.15) is 0 Å². The second-order valence-corrected chi connectivity index (χ2v) is 4.20. The molecule has 1 aromatic rings. The molecule has 17 heavy (non-hydrogen) atoms. The van der Waals surface area contributed by atoms with Crippen molar-refractivity contribution < 1.29 is 9.21 Å². The zero-order valence-corrected chi connectivity index (χ0v) is 10.7. The predicted octanol–water partition coefficient (Wildman–Crippen LogP) is 1.23. The van der Waals surface area contributed by atoms with Gasteiger partial charge in [0.15, 0.2) is 0 Å². The fourth-order valence-corrected chi connectivity index (χ4v) is 1.39. The van der Waals surface area contributed by atoms with E-state index < -0.39 is 6.04 Å². The first-order chi connectivity index (χ1) is 8.08. The van der Waals surface area contributed by atoms with Crippen molar-refractivity contribution in [3.8, 4) is 0 Å². The van der Waals surface area contributed by atoms with Gasteiger partial charge in [-0.25, -0.2) is 4.98 Å². The summed E-state index contributed by atoms with van der Waals surface area (Å²) in [6, 6.07) is -0.472. The number of carbonyl (C=O) groups is 1. The third kappa shape index (κ3) is 3.85. The van der Waals surface area contributed by atoms with Crippen LogP contribution in [0.2, 0.25) is 0 Å². The molecule has 0 aliphatic rings. The van der Waals surface area contributed by atoms with Crippen LogP contribution in [0, 0.1) is 5.92 Å². The standard InChI is InChI=1S/C12H21N3O2/c1-4-8(3)11(13)12(16)15-7-10-14-6-9(5-2)17-10/h6,8,11H,4-5,7,13H2,1-3H3,(H,15,16)/t8?,11-/m0/s1. The summed E-state index contributed by atoms with van der Waals surface area (Å²) >= 11 is 0. The Hall–Kier alpha value is -1.36. The zero-order valence-electron chi connectivity index (χ0n) is 10.7. The van der Waals surface area contributed by atoms with Gasteiger partial charge in [0.25, 0.3) is 0 Å². The Kier molecular flexibility index (Phi) is 5.15. The van der Waals surface area contributed by atoms with E-state index in [9.17, 15) is 4.79 Å². The third-order valence-electron chi connectivity index (χ3n) is 2.92. The highest BCUT2D eigenvalue weighted by Gasteiger charge is 2.19. The van der Waals surface area contributed by atoms with Crippen LogP contribution in [0.15, 0.2) is 10.6 Å². The van der Waals surface area contributed by atoms with Crippen LogP contribution in [0.4, 0.5) is 0 Å². The van der Waals surface area contributed by atoms with Crippen molar-refractivity contribution in [3.63, 3.8) is 0 Å². The lowest BCUT2D eigenvalue weighted by atomic mass is 9.99. The van der Waals surface area contributed by atoms with E-state index in [1.54, 1.807) is 6.20 Å². The maximum Gasteiger partial charge on any atom is 0.237 e. The van der Waals surface area contributed by atoms with Gasteiger partial charge in [-0.05, 0) is 5.92 Å². The van der Waals surface area contributed by atoms with Gasteiger partial charge < -0.3 is 15.5 Å². The Morgan fingerprint density at radius 2 is 2.29 bits per heavy atom. The molecular weight excluding hydrogens is 218 g/mol. The molecule has 3 N–H and O–H groups in total. The van der Waals surface area contributed by atoms with E-state index >= 15 is 0 Å². The molecule has 1 rings (SSSR count). The summed E-state index contributed by atoms with van der Waals surface area (Å²) in [5.41, 5.74) is 5.80. The number of aryl methyl sites for hydroxylation is 1. The second-order valence-electron chi connectivity index (χ2n) is 4.20. The third-order valence-corrected chi connectivity index (χ3v) is 2.92. The van der Waals surface area contributed by atoms with Gasteiger partial charge in [0.1, 0.15) is 5.76 Å². The van der Waals surface area contributed by atoms with Crippen LogP contribution >= 0.6 is 0 Å². The summed E-state index contributed by atoms with van der Waals surface area (Å²) in [7, 11) is 0. The van der Waals surface area contributed by atoms with Gasteiger partial charge >= 0.3 is 0 Å². The summed E-state index contributed by atoms with van der Waals surface area (Å²) in [5, 5.41) is 2.73. The molecule has 0 saturated carbocycles. The minimum Gasteiger partial charge on any atom is -0.444 e. The Bertz CT molecular complexity index is 362. The number of nitrogens with zero attached hydrogens (tertiary/aromatic N) is 1. The van der Waals surface area contributed by atoms with Crippen LogP contribution in [-0.4, -0.2) is 16.9 Å². The summed E-state index contributed by atoms with van der Waals surface area (Å²) in [4.78, 5) is 15.7. The minimum absolute atomic E-state index is 0.157. The number of nitrogens with two attached hydrogens (primary N) is 1. The monoisotopic (exact) mass is 239 g/mol. The number of nitrogens with one attached hydrogen (secondary N) is 1. The molecule has 5 heteroatoms. The van der Waals surface area contributed by atoms with E-state index in [2.05, 4.69) is 10.3 Å².